The zero-order valence-electron chi connectivity index (χ0n) is 15.3. The number of carbonyl (C=O) groups is 2. The second-order valence-corrected chi connectivity index (χ2v) is 6.82. The largest absolute Gasteiger partial charge is 0.507 e. The lowest BCUT2D eigenvalue weighted by atomic mass is 10.1. The van der Waals surface area contributed by atoms with Crippen LogP contribution in [0.4, 0.5) is 0 Å². The predicted molar refractivity (Wildman–Crippen MR) is 104 cm³/mol. The number of phenols is 1. The van der Waals surface area contributed by atoms with E-state index in [2.05, 4.69) is 21.2 Å². The lowest BCUT2D eigenvalue weighted by Crippen LogP contribution is -2.27. The van der Waals surface area contributed by atoms with Gasteiger partial charge in [0.05, 0.1) is 12.7 Å². The van der Waals surface area contributed by atoms with Crippen molar-refractivity contribution in [3.8, 4) is 17.2 Å². The number of amides is 2. The van der Waals surface area contributed by atoms with Gasteiger partial charge in [-0.2, -0.15) is 0 Å². The molecule has 0 atom stereocenters. The van der Waals surface area contributed by atoms with E-state index in [4.69, 9.17) is 9.47 Å². The molecule has 0 fully saturated rings. The van der Waals surface area contributed by atoms with Gasteiger partial charge < -0.3 is 24.8 Å². The molecule has 0 radical (unpaired) electrons. The lowest BCUT2D eigenvalue weighted by molar-refractivity contribution is -0.130. The molecule has 0 spiro atoms. The van der Waals surface area contributed by atoms with Crippen LogP contribution in [0.1, 0.15) is 15.9 Å². The normalized spacial score (nSPS) is 10.2. The van der Waals surface area contributed by atoms with E-state index in [1.807, 2.05) is 0 Å². The number of hydrogen-bond acceptors (Lipinski definition) is 5. The fourth-order valence-corrected chi connectivity index (χ4v) is 2.54. The molecule has 2 aromatic rings. The highest BCUT2D eigenvalue weighted by Gasteiger charge is 2.13. The Labute approximate surface area is 166 Å². The zero-order chi connectivity index (χ0) is 20.0. The van der Waals surface area contributed by atoms with E-state index >= 15 is 0 Å². The Morgan fingerprint density at radius 1 is 1.15 bits per heavy atom. The van der Waals surface area contributed by atoms with Crippen molar-refractivity contribution in [3.63, 3.8) is 0 Å². The van der Waals surface area contributed by atoms with Gasteiger partial charge in [-0.3, -0.25) is 9.59 Å². The fraction of sp³-hybridized carbons (Fsp3) is 0.263. The van der Waals surface area contributed by atoms with Crippen LogP contribution in [-0.4, -0.2) is 49.6 Å². The van der Waals surface area contributed by atoms with Gasteiger partial charge in [-0.05, 0) is 35.9 Å². The maximum Gasteiger partial charge on any atom is 0.259 e. The summed E-state index contributed by atoms with van der Waals surface area (Å²) in [6, 6.07) is 9.80. The Bertz CT molecular complexity index is 839. The third-order valence-corrected chi connectivity index (χ3v) is 4.23. The third kappa shape index (κ3) is 5.62. The first-order chi connectivity index (χ1) is 12.8. The maximum absolute atomic E-state index is 12.3. The summed E-state index contributed by atoms with van der Waals surface area (Å²) in [5.41, 5.74) is 0.958. The number of hydrogen-bond donors (Lipinski definition) is 2. The summed E-state index contributed by atoms with van der Waals surface area (Å²) in [6.07, 6.45) is 0. The van der Waals surface area contributed by atoms with Gasteiger partial charge in [-0.25, -0.2) is 0 Å². The van der Waals surface area contributed by atoms with Crippen molar-refractivity contribution in [1.29, 1.82) is 0 Å². The number of halogens is 1. The summed E-state index contributed by atoms with van der Waals surface area (Å²) in [5, 5.41) is 12.6. The average Bonchev–Trinajstić information content (AvgIpc) is 2.66. The molecule has 2 N–H and O–H groups in total. The molecule has 27 heavy (non-hydrogen) atoms. The van der Waals surface area contributed by atoms with Gasteiger partial charge in [0.2, 0.25) is 0 Å². The minimum atomic E-state index is -0.398. The SMILES string of the molecule is COc1cc(CNC(=O)c2cc(Br)ccc2O)ccc1OCC(=O)N(C)C. The molecule has 0 aromatic heterocycles. The summed E-state index contributed by atoms with van der Waals surface area (Å²) in [4.78, 5) is 25.3. The predicted octanol–water partition coefficient (Wildman–Crippen LogP) is 2.56. The molecule has 2 rings (SSSR count). The van der Waals surface area contributed by atoms with E-state index in [-0.39, 0.29) is 30.4 Å². The molecule has 0 aliphatic rings. The van der Waals surface area contributed by atoms with E-state index in [9.17, 15) is 14.7 Å². The Morgan fingerprint density at radius 3 is 2.56 bits per heavy atom. The number of ether oxygens (including phenoxy) is 2. The van der Waals surface area contributed by atoms with Crippen LogP contribution in [0, 0.1) is 0 Å². The van der Waals surface area contributed by atoms with E-state index in [1.54, 1.807) is 44.4 Å². The summed E-state index contributed by atoms with van der Waals surface area (Å²) >= 11 is 3.27. The maximum atomic E-state index is 12.3. The molecule has 0 saturated carbocycles. The van der Waals surface area contributed by atoms with Crippen molar-refractivity contribution < 1.29 is 24.2 Å². The highest BCUT2D eigenvalue weighted by Crippen LogP contribution is 2.28. The van der Waals surface area contributed by atoms with Gasteiger partial charge in [-0.15, -0.1) is 0 Å². The van der Waals surface area contributed by atoms with Gasteiger partial charge in [-0.1, -0.05) is 22.0 Å². The number of nitrogens with one attached hydrogen (secondary N) is 1. The van der Waals surface area contributed by atoms with Crippen LogP contribution < -0.4 is 14.8 Å². The van der Waals surface area contributed by atoms with Crippen molar-refractivity contribution in [2.75, 3.05) is 27.8 Å². The number of carbonyl (C=O) groups excluding carboxylic acids is 2. The number of rotatable bonds is 7. The Hall–Kier alpha value is -2.74. The van der Waals surface area contributed by atoms with E-state index < -0.39 is 5.91 Å². The van der Waals surface area contributed by atoms with Crippen LogP contribution in [-0.2, 0) is 11.3 Å². The summed E-state index contributed by atoms with van der Waals surface area (Å²) in [6.45, 7) is 0.139. The number of methoxy groups -OCH3 is 1. The van der Waals surface area contributed by atoms with Crippen LogP contribution in [0.2, 0.25) is 0 Å². The molecule has 0 bridgehead atoms. The zero-order valence-corrected chi connectivity index (χ0v) is 16.9. The topological polar surface area (TPSA) is 88.1 Å². The third-order valence-electron chi connectivity index (χ3n) is 3.73. The van der Waals surface area contributed by atoms with Gasteiger partial charge in [0.15, 0.2) is 18.1 Å². The van der Waals surface area contributed by atoms with E-state index in [0.29, 0.717) is 16.0 Å². The van der Waals surface area contributed by atoms with Crippen LogP contribution in [0.25, 0.3) is 0 Å². The molecule has 7 nitrogen and oxygen atoms in total. The molecule has 0 unspecified atom stereocenters. The van der Waals surface area contributed by atoms with Crippen LogP contribution in [0.5, 0.6) is 17.2 Å². The van der Waals surface area contributed by atoms with Crippen LogP contribution in [0.15, 0.2) is 40.9 Å². The minimum Gasteiger partial charge on any atom is -0.507 e. The van der Waals surface area contributed by atoms with Gasteiger partial charge in [0.25, 0.3) is 11.8 Å². The van der Waals surface area contributed by atoms with Gasteiger partial charge in [0.1, 0.15) is 5.75 Å². The van der Waals surface area contributed by atoms with Crippen molar-refractivity contribution in [2.45, 2.75) is 6.54 Å². The number of benzene rings is 2. The quantitative estimate of drug-likeness (QED) is 0.696. The Kier molecular flexibility index (Phi) is 7.06. The second-order valence-electron chi connectivity index (χ2n) is 5.91. The molecule has 2 aromatic carbocycles. The first-order valence-electron chi connectivity index (χ1n) is 8.08. The second kappa shape index (κ2) is 9.27. The summed E-state index contributed by atoms with van der Waals surface area (Å²) < 4.78 is 11.5. The highest BCUT2D eigenvalue weighted by atomic mass is 79.9. The standard InChI is InChI=1S/C19H21BrN2O5/c1-22(2)18(24)11-27-16-7-4-12(8-17(16)26-3)10-21-19(25)14-9-13(20)5-6-15(14)23/h4-9,23H,10-11H2,1-3H3,(H,21,25). The first-order valence-corrected chi connectivity index (χ1v) is 8.87. The van der Waals surface area contributed by atoms with Crippen molar-refractivity contribution in [3.05, 3.63) is 52.0 Å². The molecule has 0 aliphatic carbocycles. The number of phenolic OH excluding ortho intramolecular Hbond substituents is 1. The van der Waals surface area contributed by atoms with Crippen molar-refractivity contribution >= 4 is 27.7 Å². The first kappa shape index (κ1) is 20.6. The van der Waals surface area contributed by atoms with Crippen LogP contribution in [0.3, 0.4) is 0 Å². The van der Waals surface area contributed by atoms with Gasteiger partial charge >= 0.3 is 0 Å². The van der Waals surface area contributed by atoms with E-state index in [0.717, 1.165) is 5.56 Å². The van der Waals surface area contributed by atoms with Gasteiger partial charge in [0, 0.05) is 25.1 Å². The number of aromatic hydroxyl groups is 1. The molecule has 0 heterocycles. The number of likely N-dealkylation sites (N-methyl/N-ethyl adjacent to an activating group) is 1. The van der Waals surface area contributed by atoms with Crippen molar-refractivity contribution in [1.82, 2.24) is 10.2 Å². The molecule has 8 heteroatoms. The lowest BCUT2D eigenvalue weighted by Gasteiger charge is -2.14. The monoisotopic (exact) mass is 436 g/mol. The highest BCUT2D eigenvalue weighted by molar-refractivity contribution is 9.10. The summed E-state index contributed by atoms with van der Waals surface area (Å²) in [5.74, 6) is 0.237. The smallest absolute Gasteiger partial charge is 0.259 e. The average molecular weight is 437 g/mol. The molecular weight excluding hydrogens is 416 g/mol. The Morgan fingerprint density at radius 2 is 1.89 bits per heavy atom. The fourth-order valence-electron chi connectivity index (χ4n) is 2.18. The Balaban J connectivity index is 2.03. The molecule has 0 saturated heterocycles. The molecule has 2 amide bonds. The minimum absolute atomic E-state index is 0.0948. The van der Waals surface area contributed by atoms with Crippen LogP contribution >= 0.6 is 15.9 Å². The molecule has 0 aliphatic heterocycles. The summed E-state index contributed by atoms with van der Waals surface area (Å²) in [7, 11) is 4.80. The van der Waals surface area contributed by atoms with Crippen molar-refractivity contribution in [2.24, 2.45) is 0 Å². The van der Waals surface area contributed by atoms with E-state index in [1.165, 1.54) is 18.1 Å². The molecule has 144 valence electrons. The number of nitrogens with zero attached hydrogens (tertiary/aromatic N) is 1. The molecular formula is C19H21BrN2O5.